The summed E-state index contributed by atoms with van der Waals surface area (Å²) >= 11 is 0. The Hall–Kier alpha value is -1.31. The van der Waals surface area contributed by atoms with Crippen molar-refractivity contribution in [3.8, 4) is 0 Å². The largest absolute Gasteiger partial charge is 0.465 e. The molecule has 0 aliphatic heterocycles. The van der Waals surface area contributed by atoms with Gasteiger partial charge >= 0.3 is 5.97 Å². The van der Waals surface area contributed by atoms with Gasteiger partial charge in [-0.25, -0.2) is 4.79 Å². The normalized spacial score (nSPS) is 12.2. The van der Waals surface area contributed by atoms with E-state index in [2.05, 4.69) is 19.9 Å². The zero-order valence-electron chi connectivity index (χ0n) is 11.2. The van der Waals surface area contributed by atoms with Gasteiger partial charge in [-0.1, -0.05) is 38.0 Å². The molecule has 0 heterocycles. The van der Waals surface area contributed by atoms with Crippen LogP contribution in [0.1, 0.15) is 48.2 Å². The summed E-state index contributed by atoms with van der Waals surface area (Å²) in [6.07, 6.45) is 3.24. The van der Waals surface area contributed by atoms with Crippen LogP contribution in [-0.2, 0) is 11.2 Å². The Balaban J connectivity index is 2.86. The molecule has 0 fully saturated rings. The van der Waals surface area contributed by atoms with Crippen LogP contribution in [0.5, 0.6) is 0 Å². The lowest BCUT2D eigenvalue weighted by atomic mass is 9.95. The Morgan fingerprint density at radius 3 is 2.71 bits per heavy atom. The predicted octanol–water partition coefficient (Wildman–Crippen LogP) is 3.76. The van der Waals surface area contributed by atoms with Crippen molar-refractivity contribution in [1.82, 2.24) is 0 Å². The molecule has 0 amide bonds. The zero-order chi connectivity index (χ0) is 12.8. The fourth-order valence-electron chi connectivity index (χ4n) is 1.81. The maximum absolute atomic E-state index is 11.7. The van der Waals surface area contributed by atoms with Gasteiger partial charge in [0, 0.05) is 0 Å². The van der Waals surface area contributed by atoms with E-state index >= 15 is 0 Å². The Morgan fingerprint density at radius 1 is 1.41 bits per heavy atom. The van der Waals surface area contributed by atoms with Gasteiger partial charge in [-0.05, 0) is 37.3 Å². The number of carbonyl (C=O) groups excluding carboxylic acids is 1. The van der Waals surface area contributed by atoms with Gasteiger partial charge in [0.2, 0.25) is 0 Å². The number of esters is 1. The van der Waals surface area contributed by atoms with E-state index in [0.717, 1.165) is 29.5 Å². The standard InChI is InChI=1S/C15H22O2/c1-5-11(2)6-8-13-9-7-12(3)10-14(13)15(16)17-4/h7,9-11H,5-6,8H2,1-4H3. The maximum Gasteiger partial charge on any atom is 0.338 e. The summed E-state index contributed by atoms with van der Waals surface area (Å²) in [5.74, 6) is 0.467. The molecule has 0 saturated heterocycles. The predicted molar refractivity (Wildman–Crippen MR) is 70.3 cm³/mol. The molecule has 0 N–H and O–H groups in total. The molecule has 1 aromatic carbocycles. The molecule has 0 aliphatic carbocycles. The lowest BCUT2D eigenvalue weighted by Gasteiger charge is -2.11. The van der Waals surface area contributed by atoms with E-state index in [4.69, 9.17) is 4.74 Å². The van der Waals surface area contributed by atoms with Crippen molar-refractivity contribution >= 4 is 5.97 Å². The van der Waals surface area contributed by atoms with E-state index in [1.165, 1.54) is 13.5 Å². The Bertz CT molecular complexity index is 383. The molecule has 0 saturated carbocycles. The fraction of sp³-hybridized carbons (Fsp3) is 0.533. The molecule has 0 bridgehead atoms. The molecule has 1 atom stereocenters. The molecule has 1 unspecified atom stereocenters. The summed E-state index contributed by atoms with van der Waals surface area (Å²) in [7, 11) is 1.43. The highest BCUT2D eigenvalue weighted by Gasteiger charge is 2.12. The number of aryl methyl sites for hydroxylation is 2. The van der Waals surface area contributed by atoms with E-state index in [1.807, 2.05) is 19.1 Å². The molecular weight excluding hydrogens is 212 g/mol. The Labute approximate surface area is 104 Å². The number of rotatable bonds is 5. The molecule has 94 valence electrons. The van der Waals surface area contributed by atoms with Crippen LogP contribution < -0.4 is 0 Å². The van der Waals surface area contributed by atoms with E-state index in [0.29, 0.717) is 5.92 Å². The minimum atomic E-state index is -0.229. The lowest BCUT2D eigenvalue weighted by Crippen LogP contribution is -2.07. The monoisotopic (exact) mass is 234 g/mol. The van der Waals surface area contributed by atoms with Crippen LogP contribution in [-0.4, -0.2) is 13.1 Å². The molecule has 17 heavy (non-hydrogen) atoms. The number of hydrogen-bond acceptors (Lipinski definition) is 2. The van der Waals surface area contributed by atoms with Gasteiger partial charge < -0.3 is 4.74 Å². The molecule has 0 aromatic heterocycles. The third kappa shape index (κ3) is 3.88. The first-order valence-corrected chi connectivity index (χ1v) is 6.26. The highest BCUT2D eigenvalue weighted by molar-refractivity contribution is 5.91. The number of benzene rings is 1. The van der Waals surface area contributed by atoms with Crippen molar-refractivity contribution in [3.63, 3.8) is 0 Å². The average Bonchev–Trinajstić information content (AvgIpc) is 2.35. The summed E-state index contributed by atoms with van der Waals surface area (Å²) in [5.41, 5.74) is 2.91. The maximum atomic E-state index is 11.7. The quantitative estimate of drug-likeness (QED) is 0.725. The fourth-order valence-corrected chi connectivity index (χ4v) is 1.81. The summed E-state index contributed by atoms with van der Waals surface area (Å²) in [6.45, 7) is 6.43. The molecule has 1 aromatic rings. The van der Waals surface area contributed by atoms with Crippen molar-refractivity contribution in [2.45, 2.75) is 40.0 Å². The van der Waals surface area contributed by atoms with Crippen LogP contribution in [0.15, 0.2) is 18.2 Å². The van der Waals surface area contributed by atoms with Crippen LogP contribution in [0.3, 0.4) is 0 Å². The van der Waals surface area contributed by atoms with Crippen molar-refractivity contribution in [2.24, 2.45) is 5.92 Å². The highest BCUT2D eigenvalue weighted by Crippen LogP contribution is 2.18. The van der Waals surface area contributed by atoms with E-state index < -0.39 is 0 Å². The van der Waals surface area contributed by atoms with Gasteiger partial charge in [0.15, 0.2) is 0 Å². The molecule has 2 nitrogen and oxygen atoms in total. The van der Waals surface area contributed by atoms with Gasteiger partial charge in [0.1, 0.15) is 0 Å². The van der Waals surface area contributed by atoms with E-state index in [1.54, 1.807) is 0 Å². The zero-order valence-corrected chi connectivity index (χ0v) is 11.2. The smallest absolute Gasteiger partial charge is 0.338 e. The van der Waals surface area contributed by atoms with Crippen LogP contribution in [0.25, 0.3) is 0 Å². The average molecular weight is 234 g/mol. The molecule has 0 radical (unpaired) electrons. The first-order valence-electron chi connectivity index (χ1n) is 6.26. The van der Waals surface area contributed by atoms with Crippen molar-refractivity contribution in [3.05, 3.63) is 34.9 Å². The lowest BCUT2D eigenvalue weighted by molar-refractivity contribution is 0.0599. The first kappa shape index (κ1) is 13.8. The second-order valence-corrected chi connectivity index (χ2v) is 4.70. The molecule has 0 aliphatic rings. The third-order valence-corrected chi connectivity index (χ3v) is 3.27. The van der Waals surface area contributed by atoms with E-state index in [9.17, 15) is 4.79 Å². The van der Waals surface area contributed by atoms with Crippen LogP contribution in [0.2, 0.25) is 0 Å². The first-order chi connectivity index (χ1) is 8.08. The van der Waals surface area contributed by atoms with Crippen molar-refractivity contribution in [1.29, 1.82) is 0 Å². The van der Waals surface area contributed by atoms with Crippen molar-refractivity contribution in [2.75, 3.05) is 7.11 Å². The molecule has 0 spiro atoms. The molecule has 1 rings (SSSR count). The Morgan fingerprint density at radius 2 is 2.12 bits per heavy atom. The van der Waals surface area contributed by atoms with E-state index in [-0.39, 0.29) is 5.97 Å². The minimum Gasteiger partial charge on any atom is -0.465 e. The van der Waals surface area contributed by atoms with Gasteiger partial charge in [0.05, 0.1) is 12.7 Å². The SMILES string of the molecule is CCC(C)CCc1ccc(C)cc1C(=O)OC. The van der Waals surface area contributed by atoms with Crippen LogP contribution in [0.4, 0.5) is 0 Å². The molecular formula is C15H22O2. The Kier molecular flexibility index (Phi) is 5.20. The molecule has 2 heteroatoms. The number of carbonyl (C=O) groups is 1. The van der Waals surface area contributed by atoms with Gasteiger partial charge in [-0.15, -0.1) is 0 Å². The number of hydrogen-bond donors (Lipinski definition) is 0. The number of methoxy groups -OCH3 is 1. The van der Waals surface area contributed by atoms with Gasteiger partial charge in [-0.2, -0.15) is 0 Å². The summed E-state index contributed by atoms with van der Waals surface area (Å²) in [6, 6.07) is 6.01. The number of ether oxygens (including phenoxy) is 1. The van der Waals surface area contributed by atoms with Crippen LogP contribution >= 0.6 is 0 Å². The third-order valence-electron chi connectivity index (χ3n) is 3.27. The topological polar surface area (TPSA) is 26.3 Å². The van der Waals surface area contributed by atoms with Crippen molar-refractivity contribution < 1.29 is 9.53 Å². The second kappa shape index (κ2) is 6.43. The van der Waals surface area contributed by atoms with Gasteiger partial charge in [0.25, 0.3) is 0 Å². The summed E-state index contributed by atoms with van der Waals surface area (Å²) in [5, 5.41) is 0. The highest BCUT2D eigenvalue weighted by atomic mass is 16.5. The summed E-state index contributed by atoms with van der Waals surface area (Å²) < 4.78 is 4.83. The minimum absolute atomic E-state index is 0.229. The van der Waals surface area contributed by atoms with Gasteiger partial charge in [-0.3, -0.25) is 0 Å². The summed E-state index contributed by atoms with van der Waals surface area (Å²) in [4.78, 5) is 11.7. The second-order valence-electron chi connectivity index (χ2n) is 4.70. The van der Waals surface area contributed by atoms with Crippen LogP contribution in [0, 0.1) is 12.8 Å².